The van der Waals surface area contributed by atoms with Gasteiger partial charge in [0.05, 0.1) is 4.88 Å². The summed E-state index contributed by atoms with van der Waals surface area (Å²) in [6.45, 7) is 1.73. The largest absolute Gasteiger partial charge is 0.355 e. The Morgan fingerprint density at radius 1 is 1.44 bits per heavy atom. The van der Waals surface area contributed by atoms with Crippen molar-refractivity contribution in [1.29, 1.82) is 0 Å². The molecule has 10 heteroatoms. The van der Waals surface area contributed by atoms with Gasteiger partial charge in [-0.25, -0.2) is 0 Å². The maximum absolute atomic E-state index is 11.5. The van der Waals surface area contributed by atoms with E-state index in [0.29, 0.717) is 21.2 Å². The minimum absolute atomic E-state index is 0.0502. The zero-order chi connectivity index (χ0) is 12.1. The van der Waals surface area contributed by atoms with Gasteiger partial charge in [-0.15, -0.1) is 5.10 Å². The smallest absolute Gasteiger partial charge is 0.319 e. The molecule has 1 aromatic rings. The van der Waals surface area contributed by atoms with E-state index in [9.17, 15) is 9.59 Å². The van der Waals surface area contributed by atoms with E-state index in [1.165, 1.54) is 0 Å². The van der Waals surface area contributed by atoms with Crippen LogP contribution in [0.1, 0.15) is 15.4 Å². The molecule has 0 unspecified atom stereocenters. The zero-order valence-corrected chi connectivity index (χ0v) is 12.2. The van der Waals surface area contributed by atoms with Gasteiger partial charge < -0.3 is 5.32 Å². The summed E-state index contributed by atoms with van der Waals surface area (Å²) >= 11 is 6.21. The Bertz CT molecular complexity index is 434. The molecule has 3 N–H and O–H groups in total. The molecule has 0 bridgehead atoms. The molecule has 1 heterocycles. The molecule has 0 saturated heterocycles. The van der Waals surface area contributed by atoms with Crippen LogP contribution in [0.4, 0.5) is 4.79 Å². The zero-order valence-electron chi connectivity index (χ0n) is 8.53. The van der Waals surface area contributed by atoms with E-state index in [1.807, 2.05) is 0 Å². The van der Waals surface area contributed by atoms with Crippen molar-refractivity contribution in [3.05, 3.63) is 10.6 Å². The van der Waals surface area contributed by atoms with Crippen LogP contribution >= 0.6 is 23.8 Å². The highest BCUT2D eigenvalue weighted by Gasteiger charge is 2.13. The van der Waals surface area contributed by atoms with Crippen molar-refractivity contribution in [3.8, 4) is 0 Å². The monoisotopic (exact) mass is 273 g/mol. The number of aromatic nitrogens is 2. The van der Waals surface area contributed by atoms with Gasteiger partial charge in [0.1, 0.15) is 4.77 Å². The lowest BCUT2D eigenvalue weighted by atomic mass is 10.4. The van der Waals surface area contributed by atoms with Crippen molar-refractivity contribution < 1.29 is 9.59 Å². The van der Waals surface area contributed by atoms with Crippen LogP contribution < -0.4 is 16.2 Å². The third-order valence-electron chi connectivity index (χ3n) is 1.45. The first-order chi connectivity index (χ1) is 7.50. The van der Waals surface area contributed by atoms with Crippen LogP contribution in [0.25, 0.3) is 0 Å². The number of rotatable bonds is 1. The van der Waals surface area contributed by atoms with E-state index in [2.05, 4.69) is 25.8 Å². The fraction of sp³-hybridized carbons (Fsp3) is 0.167. The Morgan fingerprint density at radius 3 is 2.62 bits per heavy atom. The highest BCUT2D eigenvalue weighted by molar-refractivity contribution is 7.80. The number of carbonyl (C=O) groups excluding carboxylic acids is 2. The maximum atomic E-state index is 11.5. The summed E-state index contributed by atoms with van der Waals surface area (Å²) in [5, 5.41) is 6.05. The van der Waals surface area contributed by atoms with Crippen molar-refractivity contribution in [2.24, 2.45) is 0 Å². The van der Waals surface area contributed by atoms with Gasteiger partial charge in [0.25, 0.3) is 5.91 Å². The molecule has 0 aliphatic carbocycles. The molecule has 0 spiro atoms. The molecule has 0 radical (unpaired) electrons. The van der Waals surface area contributed by atoms with Crippen LogP contribution in [0.15, 0.2) is 0 Å². The third kappa shape index (κ3) is 3.82. The molecule has 1 rings (SSSR count). The average molecular weight is 273 g/mol. The van der Waals surface area contributed by atoms with Crippen LogP contribution in [-0.4, -0.2) is 41.7 Å². The highest BCUT2D eigenvalue weighted by atomic mass is 32.1. The third-order valence-corrected chi connectivity index (χ3v) is 2.53. The molecule has 0 saturated carbocycles. The number of aryl methyl sites for hydroxylation is 1. The predicted octanol–water partition coefficient (Wildman–Crippen LogP) is -1.29. The molecule has 0 atom stereocenters. The summed E-state index contributed by atoms with van der Waals surface area (Å²) in [7, 11) is 0. The van der Waals surface area contributed by atoms with Crippen LogP contribution in [-0.2, 0) is 0 Å². The molecule has 16 heavy (non-hydrogen) atoms. The van der Waals surface area contributed by atoms with Gasteiger partial charge in [-0.3, -0.25) is 20.4 Å². The molecule has 0 aromatic carbocycles. The SMILES string of the molecule is Cc1snnc1C(=O)NNC(=S)N[C](=O)[AlH2]. The summed E-state index contributed by atoms with van der Waals surface area (Å²) in [5.41, 5.74) is 4.93. The Kier molecular flexibility index (Phi) is 4.76. The van der Waals surface area contributed by atoms with Crippen molar-refractivity contribution >= 4 is 55.8 Å². The summed E-state index contributed by atoms with van der Waals surface area (Å²) in [4.78, 5) is 22.9. The van der Waals surface area contributed by atoms with E-state index < -0.39 is 5.91 Å². The topological polar surface area (TPSA) is 96.0 Å². The number of thiocarbonyl (C=S) groups is 1. The lowest BCUT2D eigenvalue weighted by Gasteiger charge is -2.08. The van der Waals surface area contributed by atoms with Gasteiger partial charge >= 0.3 is 16.3 Å². The normalized spacial score (nSPS) is 9.31. The van der Waals surface area contributed by atoms with Crippen LogP contribution in [0.3, 0.4) is 0 Å². The van der Waals surface area contributed by atoms with E-state index in [4.69, 9.17) is 12.2 Å². The fourth-order valence-electron chi connectivity index (χ4n) is 0.805. The lowest BCUT2D eigenvalue weighted by molar-refractivity contribution is 0.0938. The predicted molar refractivity (Wildman–Crippen MR) is 64.9 cm³/mol. The van der Waals surface area contributed by atoms with E-state index >= 15 is 0 Å². The molecule has 0 aliphatic heterocycles. The first-order valence-corrected chi connectivity index (χ1v) is 6.35. The van der Waals surface area contributed by atoms with Crippen LogP contribution in [0.5, 0.6) is 0 Å². The molecule has 0 aliphatic rings. The maximum Gasteiger partial charge on any atom is 0.355 e. The molecule has 84 valence electrons. The van der Waals surface area contributed by atoms with Gasteiger partial charge in [0.2, 0.25) is 0 Å². The molecule has 1 aromatic heterocycles. The highest BCUT2D eigenvalue weighted by Crippen LogP contribution is 2.06. The minimum Gasteiger partial charge on any atom is -0.319 e. The number of hydrogen-bond donors (Lipinski definition) is 3. The Balaban J connectivity index is 2.45. The standard InChI is InChI=1S/C6H6N5O2S2.Al.2H/c1-3-4(8-11-15-3)5(13)9-10-6(14)7-2-12;;;/h1H3,(H,9,13)(H2,7,10,12,14);;;. The van der Waals surface area contributed by atoms with Gasteiger partial charge in [0.15, 0.2) is 10.8 Å². The lowest BCUT2D eigenvalue weighted by Crippen LogP contribution is -2.48. The molecule has 7 nitrogen and oxygen atoms in total. The molecule has 2 amide bonds. The Hall–Kier alpha value is -1.08. The second-order valence-corrected chi connectivity index (χ2v) is 5.04. The van der Waals surface area contributed by atoms with E-state index in [1.54, 1.807) is 6.92 Å². The average Bonchev–Trinajstić information content (AvgIpc) is 2.60. The fourth-order valence-corrected chi connectivity index (χ4v) is 1.90. The van der Waals surface area contributed by atoms with Crippen molar-refractivity contribution in [1.82, 2.24) is 25.8 Å². The summed E-state index contributed by atoms with van der Waals surface area (Å²) in [5.74, 6) is -0.448. The van der Waals surface area contributed by atoms with Crippen molar-refractivity contribution in [2.45, 2.75) is 6.92 Å². The summed E-state index contributed by atoms with van der Waals surface area (Å²) < 4.78 is 3.44. The van der Waals surface area contributed by atoms with Gasteiger partial charge in [-0.1, -0.05) is 4.49 Å². The van der Waals surface area contributed by atoms with Crippen LogP contribution in [0.2, 0.25) is 0 Å². The second kappa shape index (κ2) is 5.86. The summed E-state index contributed by atoms with van der Waals surface area (Å²) in [6.07, 6.45) is 0. The number of hydrazine groups is 1. The Morgan fingerprint density at radius 2 is 2.12 bits per heavy atom. The number of hydrogen-bond acceptors (Lipinski definition) is 6. The van der Waals surface area contributed by atoms with Crippen molar-refractivity contribution in [3.63, 3.8) is 0 Å². The first-order valence-electron chi connectivity index (χ1n) is 4.17. The van der Waals surface area contributed by atoms with E-state index in [-0.39, 0.29) is 15.6 Å². The van der Waals surface area contributed by atoms with Crippen molar-refractivity contribution in [2.75, 3.05) is 0 Å². The number of nitrogens with zero attached hydrogens (tertiary/aromatic N) is 2. The van der Waals surface area contributed by atoms with Gasteiger partial charge in [0, 0.05) is 0 Å². The number of nitrogens with one attached hydrogen (secondary N) is 3. The van der Waals surface area contributed by atoms with Gasteiger partial charge in [-0.2, -0.15) is 0 Å². The molecular formula is C6H8AlN5O2S2. The molecular weight excluding hydrogens is 265 g/mol. The second-order valence-electron chi connectivity index (χ2n) is 2.77. The number of carbonyl (C=O) groups is 2. The molecule has 0 fully saturated rings. The Labute approximate surface area is 109 Å². The minimum atomic E-state index is -0.448. The van der Waals surface area contributed by atoms with E-state index in [0.717, 1.165) is 11.5 Å². The summed E-state index contributed by atoms with van der Waals surface area (Å²) in [6, 6.07) is 0. The van der Waals surface area contributed by atoms with Crippen LogP contribution in [0, 0.1) is 6.92 Å². The quantitative estimate of drug-likeness (QED) is 0.335. The first kappa shape index (κ1) is 13.0. The number of amides is 2. The van der Waals surface area contributed by atoms with Gasteiger partial charge in [-0.05, 0) is 30.7 Å².